The van der Waals surface area contributed by atoms with Crippen molar-refractivity contribution in [3.63, 3.8) is 0 Å². The minimum atomic E-state index is -4.02. The van der Waals surface area contributed by atoms with Gasteiger partial charge in [0.1, 0.15) is 6.54 Å². The van der Waals surface area contributed by atoms with Gasteiger partial charge >= 0.3 is 5.97 Å². The van der Waals surface area contributed by atoms with Crippen molar-refractivity contribution in [1.82, 2.24) is 0 Å². The number of rotatable bonds is 6. The Morgan fingerprint density at radius 3 is 2.26 bits per heavy atom. The molecule has 0 heterocycles. The molecule has 2 aromatic carbocycles. The van der Waals surface area contributed by atoms with E-state index in [0.717, 1.165) is 15.4 Å². The van der Waals surface area contributed by atoms with E-state index in [1.807, 2.05) is 13.0 Å². The number of carbonyl (C=O) groups excluding carboxylic acids is 2. The number of nitrogens with one attached hydrogen (secondary N) is 1. The van der Waals surface area contributed by atoms with E-state index in [1.165, 1.54) is 38.3 Å². The summed E-state index contributed by atoms with van der Waals surface area (Å²) < 4.78 is 32.1. The van der Waals surface area contributed by atoms with Gasteiger partial charge in [0.2, 0.25) is 5.91 Å². The molecule has 2 rings (SSSR count). The number of anilines is 2. The zero-order chi connectivity index (χ0) is 20.2. The molecule has 1 N–H and O–H groups in total. The molecule has 2 aromatic rings. The highest BCUT2D eigenvalue weighted by molar-refractivity contribution is 7.92. The van der Waals surface area contributed by atoms with Crippen LogP contribution in [0.5, 0.6) is 0 Å². The number of esters is 1. The third kappa shape index (κ3) is 4.65. The van der Waals surface area contributed by atoms with Gasteiger partial charge in [0.05, 0.1) is 17.7 Å². The lowest BCUT2D eigenvalue weighted by atomic mass is 10.1. The number of sulfonamides is 1. The van der Waals surface area contributed by atoms with Crippen LogP contribution in [-0.4, -0.2) is 33.9 Å². The molecular formula is C19H22N2O5S. The predicted octanol–water partition coefficient (Wildman–Crippen LogP) is 2.63. The van der Waals surface area contributed by atoms with E-state index < -0.39 is 22.5 Å². The Labute approximate surface area is 159 Å². The zero-order valence-corrected chi connectivity index (χ0v) is 16.5. The van der Waals surface area contributed by atoms with Crippen molar-refractivity contribution in [3.8, 4) is 0 Å². The summed E-state index contributed by atoms with van der Waals surface area (Å²) >= 11 is 0. The molecule has 27 heavy (non-hydrogen) atoms. The maximum atomic E-state index is 13.2. The lowest BCUT2D eigenvalue weighted by Crippen LogP contribution is -2.36. The van der Waals surface area contributed by atoms with Crippen LogP contribution in [0.1, 0.15) is 18.1 Å². The molecule has 0 saturated heterocycles. The molecule has 0 radical (unpaired) electrons. The van der Waals surface area contributed by atoms with Crippen LogP contribution < -0.4 is 9.62 Å². The number of hydrogen-bond acceptors (Lipinski definition) is 5. The monoisotopic (exact) mass is 390 g/mol. The van der Waals surface area contributed by atoms with Gasteiger partial charge in [0, 0.05) is 12.6 Å². The minimum Gasteiger partial charge on any atom is -0.468 e. The third-order valence-corrected chi connectivity index (χ3v) is 5.88. The van der Waals surface area contributed by atoms with E-state index in [1.54, 1.807) is 19.1 Å². The SMILES string of the molecule is COC(=O)CN(c1cccc(C)c1C)S(=O)(=O)c1ccc(NC(C)=O)cc1. The second kappa shape index (κ2) is 8.22. The molecular weight excluding hydrogens is 368 g/mol. The van der Waals surface area contributed by atoms with Crippen LogP contribution in [0.25, 0.3) is 0 Å². The summed E-state index contributed by atoms with van der Waals surface area (Å²) in [5.41, 5.74) is 2.54. The fourth-order valence-corrected chi connectivity index (χ4v) is 3.99. The Bertz CT molecular complexity index is 953. The van der Waals surface area contributed by atoms with Gasteiger partial charge in [-0.3, -0.25) is 13.9 Å². The van der Waals surface area contributed by atoms with E-state index in [9.17, 15) is 18.0 Å². The first-order chi connectivity index (χ1) is 12.7. The van der Waals surface area contributed by atoms with Gasteiger partial charge in [0.15, 0.2) is 0 Å². The number of methoxy groups -OCH3 is 1. The quantitative estimate of drug-likeness (QED) is 0.766. The van der Waals surface area contributed by atoms with Gasteiger partial charge < -0.3 is 10.1 Å². The van der Waals surface area contributed by atoms with E-state index in [4.69, 9.17) is 0 Å². The van der Waals surface area contributed by atoms with Gasteiger partial charge in [-0.15, -0.1) is 0 Å². The number of ether oxygens (including phenoxy) is 1. The Balaban J connectivity index is 2.51. The molecule has 0 spiro atoms. The highest BCUT2D eigenvalue weighted by atomic mass is 32.2. The fraction of sp³-hybridized carbons (Fsp3) is 0.263. The average Bonchev–Trinajstić information content (AvgIpc) is 2.62. The van der Waals surface area contributed by atoms with Gasteiger partial charge in [-0.2, -0.15) is 0 Å². The topological polar surface area (TPSA) is 92.8 Å². The molecule has 0 aliphatic rings. The van der Waals surface area contributed by atoms with Crippen LogP contribution in [-0.2, 0) is 24.3 Å². The molecule has 0 aliphatic heterocycles. The van der Waals surface area contributed by atoms with Gasteiger partial charge in [0.25, 0.3) is 10.0 Å². The average molecular weight is 390 g/mol. The van der Waals surface area contributed by atoms with E-state index in [0.29, 0.717) is 11.4 Å². The van der Waals surface area contributed by atoms with E-state index >= 15 is 0 Å². The molecule has 0 atom stereocenters. The summed E-state index contributed by atoms with van der Waals surface area (Å²) in [4.78, 5) is 23.0. The number of aryl methyl sites for hydroxylation is 1. The van der Waals surface area contributed by atoms with Crippen molar-refractivity contribution < 1.29 is 22.7 Å². The number of nitrogens with zero attached hydrogens (tertiary/aromatic N) is 1. The maximum absolute atomic E-state index is 13.2. The summed E-state index contributed by atoms with van der Waals surface area (Å²) in [6, 6.07) is 11.0. The second-order valence-electron chi connectivity index (χ2n) is 6.01. The van der Waals surface area contributed by atoms with Crippen molar-refractivity contribution >= 4 is 33.3 Å². The number of hydrogen-bond donors (Lipinski definition) is 1. The summed E-state index contributed by atoms with van der Waals surface area (Å²) in [5.74, 6) is -0.928. The smallest absolute Gasteiger partial charge is 0.326 e. The Kier molecular flexibility index (Phi) is 6.22. The lowest BCUT2D eigenvalue weighted by molar-refractivity contribution is -0.138. The number of carbonyl (C=O) groups is 2. The van der Waals surface area contributed by atoms with Crippen LogP contribution in [0.2, 0.25) is 0 Å². The summed E-state index contributed by atoms with van der Waals surface area (Å²) in [5, 5.41) is 2.58. The zero-order valence-electron chi connectivity index (χ0n) is 15.6. The molecule has 0 aromatic heterocycles. The molecule has 7 nitrogen and oxygen atoms in total. The van der Waals surface area contributed by atoms with Crippen LogP contribution in [0.3, 0.4) is 0 Å². The van der Waals surface area contributed by atoms with Gasteiger partial charge in [-0.05, 0) is 55.3 Å². The summed E-state index contributed by atoms with van der Waals surface area (Å²) in [6.07, 6.45) is 0. The molecule has 0 bridgehead atoms. The first kappa shape index (κ1) is 20.4. The molecule has 0 saturated carbocycles. The van der Waals surface area contributed by atoms with E-state index in [2.05, 4.69) is 10.1 Å². The van der Waals surface area contributed by atoms with Crippen molar-refractivity contribution in [2.24, 2.45) is 0 Å². The summed E-state index contributed by atoms with van der Waals surface area (Å²) in [7, 11) is -2.82. The Morgan fingerprint density at radius 2 is 1.70 bits per heavy atom. The Hall–Kier alpha value is -2.87. The number of benzene rings is 2. The molecule has 1 amide bonds. The largest absolute Gasteiger partial charge is 0.468 e. The highest BCUT2D eigenvalue weighted by Crippen LogP contribution is 2.29. The lowest BCUT2D eigenvalue weighted by Gasteiger charge is -2.25. The Morgan fingerprint density at radius 1 is 1.07 bits per heavy atom. The highest BCUT2D eigenvalue weighted by Gasteiger charge is 2.28. The van der Waals surface area contributed by atoms with Crippen molar-refractivity contribution in [1.29, 1.82) is 0 Å². The van der Waals surface area contributed by atoms with Crippen LogP contribution in [0, 0.1) is 13.8 Å². The van der Waals surface area contributed by atoms with Crippen LogP contribution in [0.15, 0.2) is 47.4 Å². The number of amides is 1. The minimum absolute atomic E-state index is 0.00131. The van der Waals surface area contributed by atoms with Crippen molar-refractivity contribution in [3.05, 3.63) is 53.6 Å². The fourth-order valence-electron chi connectivity index (χ4n) is 2.53. The van der Waals surface area contributed by atoms with Crippen LogP contribution >= 0.6 is 0 Å². The predicted molar refractivity (Wildman–Crippen MR) is 103 cm³/mol. The van der Waals surface area contributed by atoms with Crippen LogP contribution in [0.4, 0.5) is 11.4 Å². The van der Waals surface area contributed by atoms with Gasteiger partial charge in [-0.1, -0.05) is 12.1 Å². The van der Waals surface area contributed by atoms with E-state index in [-0.39, 0.29) is 10.8 Å². The van der Waals surface area contributed by atoms with Gasteiger partial charge in [-0.25, -0.2) is 8.42 Å². The molecule has 144 valence electrons. The molecule has 0 unspecified atom stereocenters. The van der Waals surface area contributed by atoms with Crippen molar-refractivity contribution in [2.45, 2.75) is 25.7 Å². The first-order valence-electron chi connectivity index (χ1n) is 8.20. The third-order valence-electron chi connectivity index (χ3n) is 4.11. The first-order valence-corrected chi connectivity index (χ1v) is 9.64. The normalized spacial score (nSPS) is 11.0. The maximum Gasteiger partial charge on any atom is 0.326 e. The molecule has 8 heteroatoms. The standard InChI is InChI=1S/C19H22N2O5S/c1-13-6-5-7-18(14(13)2)21(12-19(23)26-4)27(24,25)17-10-8-16(9-11-17)20-15(3)22/h5-11H,12H2,1-4H3,(H,20,22). The summed E-state index contributed by atoms with van der Waals surface area (Å²) in [6.45, 7) is 4.58. The second-order valence-corrected chi connectivity index (χ2v) is 7.87. The van der Waals surface area contributed by atoms with Crippen molar-refractivity contribution in [2.75, 3.05) is 23.3 Å². The molecule has 0 fully saturated rings. The molecule has 0 aliphatic carbocycles.